The zero-order valence-electron chi connectivity index (χ0n) is 15.8. The average Bonchev–Trinajstić information content (AvgIpc) is 3.10. The largest absolute Gasteiger partial charge is 0.467 e. The number of likely N-dealkylation sites (tertiary alicyclic amines) is 1. The molecule has 1 saturated heterocycles. The molecule has 10 heteroatoms. The van der Waals surface area contributed by atoms with E-state index in [1.54, 1.807) is 0 Å². The van der Waals surface area contributed by atoms with Crippen LogP contribution in [-0.2, 0) is 25.3 Å². The molecule has 0 aliphatic carbocycles. The second-order valence-corrected chi connectivity index (χ2v) is 9.31. The fourth-order valence-corrected chi connectivity index (χ4v) is 4.80. The molecule has 2 rings (SSSR count). The summed E-state index contributed by atoms with van der Waals surface area (Å²) >= 11 is 0. The fraction of sp³-hybridized carbons (Fsp3) is 0.556. The smallest absolute Gasteiger partial charge is 0.328 e. The molecule has 1 amide bonds. The second-order valence-electron chi connectivity index (χ2n) is 6.85. The Labute approximate surface area is 163 Å². The van der Waals surface area contributed by atoms with Crippen LogP contribution in [0.5, 0.6) is 0 Å². The van der Waals surface area contributed by atoms with Gasteiger partial charge < -0.3 is 14.5 Å². The molecule has 1 fully saturated rings. The number of aryl methyl sites for hydroxylation is 1. The minimum atomic E-state index is -3.67. The lowest BCUT2D eigenvalue weighted by molar-refractivity contribution is -0.150. The first-order valence-corrected chi connectivity index (χ1v) is 11.2. The van der Waals surface area contributed by atoms with E-state index in [2.05, 4.69) is 10.0 Å². The Hall–Kier alpha value is -2.34. The van der Waals surface area contributed by atoms with Crippen molar-refractivity contribution in [2.24, 2.45) is 5.11 Å². The number of hydrogen-bond donors (Lipinski definition) is 1. The topological polar surface area (TPSA) is 133 Å². The van der Waals surface area contributed by atoms with E-state index in [-0.39, 0.29) is 19.1 Å². The van der Waals surface area contributed by atoms with Crippen LogP contribution in [0, 0.1) is 0 Å². The van der Waals surface area contributed by atoms with Crippen molar-refractivity contribution in [1.29, 1.82) is 0 Å². The van der Waals surface area contributed by atoms with E-state index < -0.39 is 37.5 Å². The maximum Gasteiger partial charge on any atom is 0.328 e. The Balaban J connectivity index is 1.88. The molecule has 1 aromatic rings. The van der Waals surface area contributed by atoms with Gasteiger partial charge in [-0.1, -0.05) is 35.4 Å². The number of azide groups is 1. The fourth-order valence-electron chi connectivity index (χ4n) is 3.32. The maximum absolute atomic E-state index is 12.5. The lowest BCUT2D eigenvalue weighted by Crippen LogP contribution is -2.42. The van der Waals surface area contributed by atoms with Gasteiger partial charge in [-0.15, -0.1) is 0 Å². The van der Waals surface area contributed by atoms with E-state index in [9.17, 15) is 19.0 Å². The molecule has 1 aromatic carbocycles. The molecule has 0 aromatic heterocycles. The number of methoxy groups -OCH3 is 1. The third-order valence-electron chi connectivity index (χ3n) is 4.74. The van der Waals surface area contributed by atoms with Gasteiger partial charge in [-0.25, -0.2) is 4.79 Å². The SMILES string of the molecule is COC(=O)[C@@H]1CC(N=[N+]=[N-])CN1C(=O)CP(=O)(O)CCCCc1ccccc1. The van der Waals surface area contributed by atoms with Crippen LogP contribution >= 0.6 is 7.37 Å². The molecule has 0 saturated carbocycles. The molecule has 3 atom stereocenters. The highest BCUT2D eigenvalue weighted by atomic mass is 31.2. The number of hydrogen-bond acceptors (Lipinski definition) is 5. The summed E-state index contributed by atoms with van der Waals surface area (Å²) in [5.74, 6) is -1.22. The molecule has 152 valence electrons. The van der Waals surface area contributed by atoms with Crippen molar-refractivity contribution < 1.29 is 23.8 Å². The number of amides is 1. The van der Waals surface area contributed by atoms with Crippen LogP contribution in [0.1, 0.15) is 24.8 Å². The monoisotopic (exact) mass is 408 g/mol. The lowest BCUT2D eigenvalue weighted by Gasteiger charge is -2.23. The van der Waals surface area contributed by atoms with Crippen LogP contribution in [0.15, 0.2) is 35.4 Å². The Kier molecular flexibility index (Phi) is 8.05. The van der Waals surface area contributed by atoms with Gasteiger partial charge in [0.15, 0.2) is 0 Å². The minimum Gasteiger partial charge on any atom is -0.467 e. The Morgan fingerprint density at radius 2 is 2.07 bits per heavy atom. The van der Waals surface area contributed by atoms with E-state index in [0.29, 0.717) is 6.42 Å². The van der Waals surface area contributed by atoms with Crippen molar-refractivity contribution in [1.82, 2.24) is 4.90 Å². The van der Waals surface area contributed by atoms with Crippen LogP contribution in [0.2, 0.25) is 0 Å². The van der Waals surface area contributed by atoms with E-state index in [1.807, 2.05) is 30.3 Å². The summed E-state index contributed by atoms with van der Waals surface area (Å²) < 4.78 is 17.1. The second kappa shape index (κ2) is 10.3. The molecule has 0 bridgehead atoms. The summed E-state index contributed by atoms with van der Waals surface area (Å²) in [5, 5.41) is 3.56. The van der Waals surface area contributed by atoms with Gasteiger partial charge in [0.1, 0.15) is 12.2 Å². The number of rotatable bonds is 9. The maximum atomic E-state index is 12.5. The van der Waals surface area contributed by atoms with E-state index in [1.165, 1.54) is 12.0 Å². The van der Waals surface area contributed by atoms with E-state index in [4.69, 9.17) is 10.3 Å². The van der Waals surface area contributed by atoms with Gasteiger partial charge in [-0.2, -0.15) is 0 Å². The van der Waals surface area contributed by atoms with Gasteiger partial charge in [-0.3, -0.25) is 9.36 Å². The van der Waals surface area contributed by atoms with Crippen LogP contribution < -0.4 is 0 Å². The molecule has 1 heterocycles. The number of benzene rings is 1. The number of esters is 1. The van der Waals surface area contributed by atoms with Crippen molar-refractivity contribution in [3.8, 4) is 0 Å². The highest BCUT2D eigenvalue weighted by Crippen LogP contribution is 2.42. The molecule has 28 heavy (non-hydrogen) atoms. The van der Waals surface area contributed by atoms with Crippen LogP contribution in [0.4, 0.5) is 0 Å². The van der Waals surface area contributed by atoms with Gasteiger partial charge in [0.05, 0.1) is 13.2 Å². The summed E-state index contributed by atoms with van der Waals surface area (Å²) in [5.41, 5.74) is 9.74. The first kappa shape index (κ1) is 22.0. The third-order valence-corrected chi connectivity index (χ3v) is 6.52. The van der Waals surface area contributed by atoms with Crippen molar-refractivity contribution in [3.63, 3.8) is 0 Å². The molecular formula is C18H25N4O5P. The summed E-state index contributed by atoms with van der Waals surface area (Å²) in [7, 11) is -2.47. The molecule has 1 N–H and O–H groups in total. The van der Waals surface area contributed by atoms with Gasteiger partial charge in [0.2, 0.25) is 13.3 Å². The number of carbonyl (C=O) groups excluding carboxylic acids is 2. The highest BCUT2D eigenvalue weighted by molar-refractivity contribution is 7.58. The zero-order valence-corrected chi connectivity index (χ0v) is 16.7. The summed E-state index contributed by atoms with van der Waals surface area (Å²) in [6, 6.07) is 8.38. The number of ether oxygens (including phenoxy) is 1. The van der Waals surface area contributed by atoms with Crippen molar-refractivity contribution in [2.75, 3.05) is 26.0 Å². The Morgan fingerprint density at radius 1 is 1.36 bits per heavy atom. The molecule has 9 nitrogen and oxygen atoms in total. The quantitative estimate of drug-likeness (QED) is 0.167. The first-order chi connectivity index (χ1) is 13.4. The standard InChI is InChI=1S/C18H25N4O5P/c1-27-18(24)16-11-15(20-21-19)12-22(16)17(23)13-28(25,26)10-6-5-9-14-7-3-2-4-8-14/h2-4,7-8,15-16H,5-6,9-13H2,1H3,(H,25,26)/t15?,16-/m0/s1. The normalized spacial score (nSPS) is 20.9. The van der Waals surface area contributed by atoms with E-state index >= 15 is 0 Å². The van der Waals surface area contributed by atoms with Crippen LogP contribution in [-0.4, -0.2) is 59.7 Å². The van der Waals surface area contributed by atoms with Crippen molar-refractivity contribution >= 4 is 19.2 Å². The minimum absolute atomic E-state index is 0.0384. The van der Waals surface area contributed by atoms with E-state index in [0.717, 1.165) is 18.4 Å². The molecular weight excluding hydrogens is 383 g/mol. The Bertz CT molecular complexity index is 781. The summed E-state index contributed by atoms with van der Waals surface area (Å²) in [6.07, 6.45) is 1.74. The molecule has 1 aliphatic heterocycles. The molecule has 0 radical (unpaired) electrons. The van der Waals surface area contributed by atoms with Gasteiger partial charge >= 0.3 is 5.97 Å². The predicted octanol–water partition coefficient (Wildman–Crippen LogP) is 2.73. The first-order valence-electron chi connectivity index (χ1n) is 9.12. The predicted molar refractivity (Wildman–Crippen MR) is 104 cm³/mol. The number of carbonyl (C=O) groups is 2. The van der Waals surface area contributed by atoms with Gasteiger partial charge in [0.25, 0.3) is 0 Å². The summed E-state index contributed by atoms with van der Waals surface area (Å²) in [6.45, 7) is 0.0384. The lowest BCUT2D eigenvalue weighted by atomic mass is 10.1. The third kappa shape index (κ3) is 6.37. The Morgan fingerprint density at radius 3 is 2.71 bits per heavy atom. The van der Waals surface area contributed by atoms with Crippen LogP contribution in [0.25, 0.3) is 10.4 Å². The summed E-state index contributed by atoms with van der Waals surface area (Å²) in [4.78, 5) is 38.6. The molecule has 0 spiro atoms. The number of unbranched alkanes of at least 4 members (excludes halogenated alkanes) is 1. The van der Waals surface area contributed by atoms with Crippen LogP contribution in [0.3, 0.4) is 0 Å². The highest BCUT2D eigenvalue weighted by Gasteiger charge is 2.41. The average molecular weight is 408 g/mol. The van der Waals surface area contributed by atoms with Gasteiger partial charge in [0, 0.05) is 17.6 Å². The van der Waals surface area contributed by atoms with Gasteiger partial charge in [-0.05, 0) is 36.8 Å². The zero-order chi connectivity index (χ0) is 20.6. The van der Waals surface area contributed by atoms with Crippen molar-refractivity contribution in [2.45, 2.75) is 37.8 Å². The van der Waals surface area contributed by atoms with Crippen molar-refractivity contribution in [3.05, 3.63) is 46.3 Å². The number of nitrogens with zero attached hydrogens (tertiary/aromatic N) is 4. The molecule has 1 aliphatic rings. The molecule has 2 unspecified atom stereocenters.